The summed E-state index contributed by atoms with van der Waals surface area (Å²) in [5.41, 5.74) is 2.49. The van der Waals surface area contributed by atoms with Crippen molar-refractivity contribution < 1.29 is 19.1 Å². The highest BCUT2D eigenvalue weighted by atomic mass is 127. The molecule has 0 atom stereocenters. The molecule has 0 radical (unpaired) electrons. The van der Waals surface area contributed by atoms with E-state index < -0.39 is 17.8 Å². The lowest BCUT2D eigenvalue weighted by Crippen LogP contribution is -2.38. The number of nitrogens with one attached hydrogen (secondary N) is 2. The summed E-state index contributed by atoms with van der Waals surface area (Å²) in [5.74, 6) is -0.309. The minimum absolute atomic E-state index is 0.110. The minimum atomic E-state index is -0.633. The predicted molar refractivity (Wildman–Crippen MR) is 123 cm³/mol. The Kier molecular flexibility index (Phi) is 6.88. The van der Waals surface area contributed by atoms with Gasteiger partial charge in [0.1, 0.15) is 24.6 Å². The molecular formula is C22H20IN3O4. The standard InChI is InChI=1S/C22H20IN3O4/c1-3-10-30-19-9-6-15(11-17(19)23)12-18-21(28)26(22(29)25-18)13-20(27)24-16-7-4-14(2)5-8-16/h3-9,11-12H,1,10,13H2,2H3,(H,24,27)(H,25,29)/b18-12+. The average molecular weight is 517 g/mol. The van der Waals surface area contributed by atoms with E-state index >= 15 is 0 Å². The third-order valence-electron chi connectivity index (χ3n) is 4.22. The zero-order chi connectivity index (χ0) is 21.7. The molecule has 3 rings (SSSR count). The number of aryl methyl sites for hydroxylation is 1. The molecule has 7 nitrogen and oxygen atoms in total. The Balaban J connectivity index is 1.68. The predicted octanol–water partition coefficient (Wildman–Crippen LogP) is 3.70. The Morgan fingerprint density at radius 1 is 1.23 bits per heavy atom. The maximum atomic E-state index is 12.6. The highest BCUT2D eigenvalue weighted by Crippen LogP contribution is 2.24. The third-order valence-corrected chi connectivity index (χ3v) is 5.07. The Labute approximate surface area is 187 Å². The molecule has 0 aliphatic carbocycles. The largest absolute Gasteiger partial charge is 0.488 e. The minimum Gasteiger partial charge on any atom is -0.488 e. The van der Waals surface area contributed by atoms with Crippen molar-refractivity contribution in [2.45, 2.75) is 6.92 Å². The van der Waals surface area contributed by atoms with Gasteiger partial charge in [0.15, 0.2) is 0 Å². The zero-order valence-corrected chi connectivity index (χ0v) is 18.4. The number of carbonyl (C=O) groups is 3. The monoisotopic (exact) mass is 517 g/mol. The SMILES string of the molecule is C=CCOc1ccc(/C=C2/NC(=O)N(CC(=O)Nc3ccc(C)cc3)C2=O)cc1I. The van der Waals surface area contributed by atoms with E-state index in [-0.39, 0.29) is 12.2 Å². The number of hydrogen-bond acceptors (Lipinski definition) is 4. The van der Waals surface area contributed by atoms with Gasteiger partial charge < -0.3 is 15.4 Å². The van der Waals surface area contributed by atoms with Crippen LogP contribution in [0.5, 0.6) is 5.75 Å². The van der Waals surface area contributed by atoms with Crippen LogP contribution in [0.3, 0.4) is 0 Å². The van der Waals surface area contributed by atoms with Crippen LogP contribution < -0.4 is 15.4 Å². The summed E-state index contributed by atoms with van der Waals surface area (Å²) in [7, 11) is 0. The fourth-order valence-electron chi connectivity index (χ4n) is 2.74. The number of hydrogen-bond donors (Lipinski definition) is 2. The fourth-order valence-corrected chi connectivity index (χ4v) is 3.43. The maximum absolute atomic E-state index is 12.6. The van der Waals surface area contributed by atoms with Crippen LogP contribution in [0, 0.1) is 10.5 Å². The summed E-state index contributed by atoms with van der Waals surface area (Å²) < 4.78 is 6.39. The molecule has 1 aliphatic rings. The number of ether oxygens (including phenoxy) is 1. The van der Waals surface area contributed by atoms with Crippen LogP contribution >= 0.6 is 22.6 Å². The van der Waals surface area contributed by atoms with Crippen LogP contribution in [0.25, 0.3) is 6.08 Å². The number of rotatable bonds is 7. The molecule has 1 heterocycles. The van der Waals surface area contributed by atoms with Crippen molar-refractivity contribution in [3.63, 3.8) is 0 Å². The molecule has 30 heavy (non-hydrogen) atoms. The van der Waals surface area contributed by atoms with Crippen molar-refractivity contribution >= 4 is 52.2 Å². The molecule has 4 amide bonds. The van der Waals surface area contributed by atoms with Crippen LogP contribution in [-0.4, -0.2) is 35.9 Å². The molecule has 2 N–H and O–H groups in total. The second kappa shape index (κ2) is 9.57. The number of anilines is 1. The quantitative estimate of drug-likeness (QED) is 0.254. The summed E-state index contributed by atoms with van der Waals surface area (Å²) in [4.78, 5) is 37.9. The van der Waals surface area contributed by atoms with Gasteiger partial charge in [-0.2, -0.15) is 0 Å². The Bertz CT molecular complexity index is 1030. The number of amides is 4. The fraction of sp³-hybridized carbons (Fsp3) is 0.136. The van der Waals surface area contributed by atoms with E-state index in [2.05, 4.69) is 39.8 Å². The van der Waals surface area contributed by atoms with Crippen molar-refractivity contribution in [2.75, 3.05) is 18.5 Å². The smallest absolute Gasteiger partial charge is 0.329 e. The number of benzene rings is 2. The van der Waals surface area contributed by atoms with Gasteiger partial charge in [-0.25, -0.2) is 9.69 Å². The number of carbonyl (C=O) groups excluding carboxylic acids is 3. The zero-order valence-electron chi connectivity index (χ0n) is 16.3. The van der Waals surface area contributed by atoms with Crippen LogP contribution in [0.2, 0.25) is 0 Å². The summed E-state index contributed by atoms with van der Waals surface area (Å²) in [6.07, 6.45) is 3.22. The molecule has 1 saturated heterocycles. The Hall–Kier alpha value is -3.14. The molecule has 0 bridgehead atoms. The second-order valence-electron chi connectivity index (χ2n) is 6.58. The molecule has 0 saturated carbocycles. The molecule has 0 unspecified atom stereocenters. The number of halogens is 1. The highest BCUT2D eigenvalue weighted by molar-refractivity contribution is 14.1. The first-order valence-electron chi connectivity index (χ1n) is 9.11. The van der Waals surface area contributed by atoms with Gasteiger partial charge >= 0.3 is 6.03 Å². The Morgan fingerprint density at radius 3 is 2.63 bits per heavy atom. The molecule has 8 heteroatoms. The topological polar surface area (TPSA) is 87.7 Å². The molecule has 0 aromatic heterocycles. The molecular weight excluding hydrogens is 497 g/mol. The first-order valence-corrected chi connectivity index (χ1v) is 10.2. The molecule has 1 fully saturated rings. The molecule has 2 aromatic rings. The van der Waals surface area contributed by atoms with E-state index in [1.807, 2.05) is 25.1 Å². The van der Waals surface area contributed by atoms with Gasteiger partial charge in [0.25, 0.3) is 5.91 Å². The van der Waals surface area contributed by atoms with E-state index in [4.69, 9.17) is 4.74 Å². The van der Waals surface area contributed by atoms with E-state index in [0.717, 1.165) is 19.6 Å². The first kappa shape index (κ1) is 21.6. The van der Waals surface area contributed by atoms with Gasteiger partial charge in [-0.3, -0.25) is 9.59 Å². The lowest BCUT2D eigenvalue weighted by Gasteiger charge is -2.12. The van der Waals surface area contributed by atoms with Crippen molar-refractivity contribution in [1.82, 2.24) is 10.2 Å². The van der Waals surface area contributed by atoms with Crippen LogP contribution in [0.1, 0.15) is 11.1 Å². The molecule has 154 valence electrons. The van der Waals surface area contributed by atoms with E-state index in [1.54, 1.807) is 36.4 Å². The maximum Gasteiger partial charge on any atom is 0.329 e. The van der Waals surface area contributed by atoms with Gasteiger partial charge in [-0.1, -0.05) is 36.4 Å². The van der Waals surface area contributed by atoms with Crippen LogP contribution in [0.4, 0.5) is 10.5 Å². The molecule has 0 spiro atoms. The highest BCUT2D eigenvalue weighted by Gasteiger charge is 2.34. The summed E-state index contributed by atoms with van der Waals surface area (Å²) in [6, 6.07) is 12.0. The number of nitrogens with zero attached hydrogens (tertiary/aromatic N) is 1. The first-order chi connectivity index (χ1) is 14.4. The third kappa shape index (κ3) is 5.26. The van der Waals surface area contributed by atoms with Crippen molar-refractivity contribution in [1.29, 1.82) is 0 Å². The summed E-state index contributed by atoms with van der Waals surface area (Å²) >= 11 is 2.13. The second-order valence-corrected chi connectivity index (χ2v) is 7.75. The van der Waals surface area contributed by atoms with Crippen LogP contribution in [-0.2, 0) is 9.59 Å². The van der Waals surface area contributed by atoms with Gasteiger partial charge in [0.2, 0.25) is 5.91 Å². The van der Waals surface area contributed by atoms with Crippen LogP contribution in [0.15, 0.2) is 60.8 Å². The van der Waals surface area contributed by atoms with Gasteiger partial charge in [0.05, 0.1) is 3.57 Å². The van der Waals surface area contributed by atoms with E-state index in [0.29, 0.717) is 18.0 Å². The van der Waals surface area contributed by atoms with Gasteiger partial charge in [-0.05, 0) is 65.4 Å². The molecule has 2 aromatic carbocycles. The van der Waals surface area contributed by atoms with E-state index in [1.165, 1.54) is 0 Å². The lowest BCUT2D eigenvalue weighted by atomic mass is 10.2. The van der Waals surface area contributed by atoms with Crippen molar-refractivity contribution in [2.24, 2.45) is 0 Å². The Morgan fingerprint density at radius 2 is 1.97 bits per heavy atom. The average Bonchev–Trinajstić information content (AvgIpc) is 2.96. The number of urea groups is 1. The summed E-state index contributed by atoms with van der Waals surface area (Å²) in [5, 5.41) is 5.20. The normalized spacial score (nSPS) is 14.6. The summed E-state index contributed by atoms with van der Waals surface area (Å²) in [6.45, 7) is 5.57. The lowest BCUT2D eigenvalue weighted by molar-refractivity contribution is -0.127. The van der Waals surface area contributed by atoms with Gasteiger partial charge in [-0.15, -0.1) is 0 Å². The number of imide groups is 1. The molecule has 1 aliphatic heterocycles. The van der Waals surface area contributed by atoms with Crippen molar-refractivity contribution in [3.8, 4) is 5.75 Å². The van der Waals surface area contributed by atoms with E-state index in [9.17, 15) is 14.4 Å². The van der Waals surface area contributed by atoms with Crippen molar-refractivity contribution in [3.05, 3.63) is 75.5 Å². The van der Waals surface area contributed by atoms with Gasteiger partial charge in [0, 0.05) is 5.69 Å².